The van der Waals surface area contributed by atoms with Crippen LogP contribution in [0.15, 0.2) is 0 Å². The van der Waals surface area contributed by atoms with Crippen molar-refractivity contribution in [2.75, 3.05) is 27.2 Å². The molecule has 0 amide bonds. The first kappa shape index (κ1) is 13.3. The summed E-state index contributed by atoms with van der Waals surface area (Å²) in [7, 11) is 4.25. The number of nitrogens with one attached hydrogen (secondary N) is 1. The van der Waals surface area contributed by atoms with Gasteiger partial charge in [0, 0.05) is 18.1 Å². The average Bonchev–Trinajstić information content (AvgIpc) is 2.97. The summed E-state index contributed by atoms with van der Waals surface area (Å²) in [6, 6.07) is 0.662. The molecule has 3 nitrogen and oxygen atoms in total. The molecule has 100 valence electrons. The van der Waals surface area contributed by atoms with Gasteiger partial charge in [0.05, 0.1) is 6.61 Å². The van der Waals surface area contributed by atoms with Crippen molar-refractivity contribution in [3.8, 4) is 0 Å². The Balaban J connectivity index is 1.82. The van der Waals surface area contributed by atoms with Crippen molar-refractivity contribution >= 4 is 0 Å². The Hall–Kier alpha value is -0.120. The molecule has 0 heterocycles. The van der Waals surface area contributed by atoms with Crippen LogP contribution in [-0.4, -0.2) is 48.8 Å². The van der Waals surface area contributed by atoms with E-state index >= 15 is 0 Å². The molecule has 2 aliphatic rings. The second-order valence-electron chi connectivity index (χ2n) is 6.18. The van der Waals surface area contributed by atoms with Crippen LogP contribution in [0.1, 0.15) is 44.9 Å². The van der Waals surface area contributed by atoms with Gasteiger partial charge < -0.3 is 15.3 Å². The fourth-order valence-electron chi connectivity index (χ4n) is 3.67. The van der Waals surface area contributed by atoms with Gasteiger partial charge in [0.25, 0.3) is 0 Å². The summed E-state index contributed by atoms with van der Waals surface area (Å²) in [6.45, 7) is 1.53. The van der Waals surface area contributed by atoms with Crippen molar-refractivity contribution in [1.29, 1.82) is 0 Å². The van der Waals surface area contributed by atoms with Crippen molar-refractivity contribution in [1.82, 2.24) is 10.2 Å². The minimum absolute atomic E-state index is 0.00535. The standard InChI is InChI=1S/C14H28N2O/c1-15-14(11-17)8-7-13(9-14)16(2)10-12-5-3-4-6-12/h12-13,15,17H,3-11H2,1-2H3. The molecule has 0 saturated heterocycles. The maximum absolute atomic E-state index is 9.52. The predicted octanol–water partition coefficient (Wildman–Crippen LogP) is 1.61. The first-order valence-corrected chi connectivity index (χ1v) is 7.19. The molecule has 2 saturated carbocycles. The normalized spacial score (nSPS) is 34.9. The maximum atomic E-state index is 9.52. The van der Waals surface area contributed by atoms with Crippen LogP contribution in [0.4, 0.5) is 0 Å². The third-order valence-electron chi connectivity index (χ3n) is 5.06. The molecule has 0 aromatic carbocycles. The van der Waals surface area contributed by atoms with Gasteiger partial charge in [-0.05, 0) is 52.1 Å². The van der Waals surface area contributed by atoms with E-state index in [0.717, 1.165) is 18.8 Å². The van der Waals surface area contributed by atoms with Gasteiger partial charge in [-0.25, -0.2) is 0 Å². The molecule has 2 unspecified atom stereocenters. The van der Waals surface area contributed by atoms with Gasteiger partial charge in [0.1, 0.15) is 0 Å². The number of rotatable bonds is 5. The van der Waals surface area contributed by atoms with Crippen LogP contribution < -0.4 is 5.32 Å². The molecule has 2 rings (SSSR count). The first-order valence-electron chi connectivity index (χ1n) is 7.19. The SMILES string of the molecule is CNC1(CO)CCC(N(C)CC2CCCC2)C1. The van der Waals surface area contributed by atoms with Crippen LogP contribution >= 0.6 is 0 Å². The fourth-order valence-corrected chi connectivity index (χ4v) is 3.67. The average molecular weight is 240 g/mol. The largest absolute Gasteiger partial charge is 0.394 e. The number of likely N-dealkylation sites (N-methyl/N-ethyl adjacent to an activating group) is 1. The lowest BCUT2D eigenvalue weighted by Gasteiger charge is -2.30. The summed E-state index contributed by atoms with van der Waals surface area (Å²) >= 11 is 0. The zero-order chi connectivity index (χ0) is 12.3. The van der Waals surface area contributed by atoms with Crippen molar-refractivity contribution in [3.63, 3.8) is 0 Å². The minimum Gasteiger partial charge on any atom is -0.394 e. The van der Waals surface area contributed by atoms with Crippen LogP contribution in [0.25, 0.3) is 0 Å². The third kappa shape index (κ3) is 3.01. The third-order valence-corrected chi connectivity index (χ3v) is 5.06. The van der Waals surface area contributed by atoms with Gasteiger partial charge in [0.15, 0.2) is 0 Å². The quantitative estimate of drug-likeness (QED) is 0.766. The van der Waals surface area contributed by atoms with Crippen LogP contribution in [0, 0.1) is 5.92 Å². The van der Waals surface area contributed by atoms with Crippen LogP contribution in [0.2, 0.25) is 0 Å². The summed E-state index contributed by atoms with van der Waals surface area (Å²) in [4.78, 5) is 2.55. The number of aliphatic hydroxyl groups is 1. The molecule has 0 aromatic heterocycles. The number of aliphatic hydroxyl groups excluding tert-OH is 1. The highest BCUT2D eigenvalue weighted by Gasteiger charge is 2.39. The predicted molar refractivity (Wildman–Crippen MR) is 71.1 cm³/mol. The lowest BCUT2D eigenvalue weighted by atomic mass is 9.98. The highest BCUT2D eigenvalue weighted by molar-refractivity contribution is 4.98. The fraction of sp³-hybridized carbons (Fsp3) is 1.00. The van der Waals surface area contributed by atoms with Gasteiger partial charge in [-0.1, -0.05) is 12.8 Å². The highest BCUT2D eigenvalue weighted by Crippen LogP contribution is 2.33. The highest BCUT2D eigenvalue weighted by atomic mass is 16.3. The van der Waals surface area contributed by atoms with Crippen molar-refractivity contribution in [3.05, 3.63) is 0 Å². The summed E-state index contributed by atoms with van der Waals surface area (Å²) in [6.07, 6.45) is 9.15. The van der Waals surface area contributed by atoms with Crippen molar-refractivity contribution < 1.29 is 5.11 Å². The number of hydrogen-bond donors (Lipinski definition) is 2. The molecule has 3 heteroatoms. The van der Waals surface area contributed by atoms with E-state index in [1.54, 1.807) is 0 Å². The van der Waals surface area contributed by atoms with E-state index in [9.17, 15) is 5.11 Å². The molecule has 0 bridgehead atoms. The van der Waals surface area contributed by atoms with Gasteiger partial charge in [-0.3, -0.25) is 0 Å². The molecule has 2 aliphatic carbocycles. The Morgan fingerprint density at radius 3 is 2.53 bits per heavy atom. The summed E-state index contributed by atoms with van der Waals surface area (Å²) < 4.78 is 0. The summed E-state index contributed by atoms with van der Waals surface area (Å²) in [5.41, 5.74) is -0.00535. The summed E-state index contributed by atoms with van der Waals surface area (Å²) in [5, 5.41) is 12.8. The molecular weight excluding hydrogens is 212 g/mol. The molecule has 0 aromatic rings. The Bertz CT molecular complexity index is 234. The smallest absolute Gasteiger partial charge is 0.0613 e. The second-order valence-corrected chi connectivity index (χ2v) is 6.18. The monoisotopic (exact) mass is 240 g/mol. The maximum Gasteiger partial charge on any atom is 0.0613 e. The summed E-state index contributed by atoms with van der Waals surface area (Å²) in [5.74, 6) is 0.929. The van der Waals surface area contributed by atoms with E-state index in [4.69, 9.17) is 0 Å². The van der Waals surface area contributed by atoms with Crippen LogP contribution in [0.5, 0.6) is 0 Å². The van der Waals surface area contributed by atoms with Crippen molar-refractivity contribution in [2.24, 2.45) is 5.92 Å². The Morgan fingerprint density at radius 1 is 1.29 bits per heavy atom. The van der Waals surface area contributed by atoms with Crippen LogP contribution in [-0.2, 0) is 0 Å². The molecule has 0 spiro atoms. The lowest BCUT2D eigenvalue weighted by Crippen LogP contribution is -2.46. The molecule has 2 fully saturated rings. The first-order chi connectivity index (χ1) is 8.19. The molecule has 2 N–H and O–H groups in total. The Kier molecular flexibility index (Phi) is 4.45. The van der Waals surface area contributed by atoms with E-state index < -0.39 is 0 Å². The molecule has 17 heavy (non-hydrogen) atoms. The van der Waals surface area contributed by atoms with E-state index in [1.807, 2.05) is 7.05 Å². The number of hydrogen-bond acceptors (Lipinski definition) is 3. The van der Waals surface area contributed by atoms with Gasteiger partial charge in [-0.15, -0.1) is 0 Å². The molecule has 0 radical (unpaired) electrons. The molecule has 0 aliphatic heterocycles. The Morgan fingerprint density at radius 2 is 2.00 bits per heavy atom. The van der Waals surface area contributed by atoms with Gasteiger partial charge in [0.2, 0.25) is 0 Å². The zero-order valence-electron chi connectivity index (χ0n) is 11.4. The molecular formula is C14H28N2O. The van der Waals surface area contributed by atoms with E-state index in [-0.39, 0.29) is 12.1 Å². The van der Waals surface area contributed by atoms with E-state index in [0.29, 0.717) is 6.04 Å². The van der Waals surface area contributed by atoms with Gasteiger partial charge >= 0.3 is 0 Å². The molecule has 2 atom stereocenters. The second kappa shape index (κ2) is 5.68. The van der Waals surface area contributed by atoms with Crippen molar-refractivity contribution in [2.45, 2.75) is 56.5 Å². The van der Waals surface area contributed by atoms with E-state index in [2.05, 4.69) is 17.3 Å². The van der Waals surface area contributed by atoms with Gasteiger partial charge in [-0.2, -0.15) is 0 Å². The topological polar surface area (TPSA) is 35.5 Å². The Labute approximate surface area is 106 Å². The lowest BCUT2D eigenvalue weighted by molar-refractivity contribution is 0.152. The minimum atomic E-state index is -0.00535. The van der Waals surface area contributed by atoms with Crippen LogP contribution in [0.3, 0.4) is 0 Å². The number of nitrogens with zero attached hydrogens (tertiary/aromatic N) is 1. The zero-order valence-corrected chi connectivity index (χ0v) is 11.4. The van der Waals surface area contributed by atoms with E-state index in [1.165, 1.54) is 38.6 Å².